The smallest absolute Gasteiger partial charge is 0.323 e. The van der Waals surface area contributed by atoms with Crippen molar-refractivity contribution in [1.29, 1.82) is 0 Å². The Balaban J connectivity index is 0.00000179. The molecule has 9 nitrogen and oxygen atoms in total. The number of hydrogen-bond donors (Lipinski definition) is 2. The maximum atomic E-state index is 13.0. The minimum Gasteiger partial charge on any atom is -0.491 e. The van der Waals surface area contributed by atoms with Crippen LogP contribution in [0.1, 0.15) is 59.1 Å². The molecule has 1 saturated heterocycles. The number of rotatable bonds is 8. The monoisotopic (exact) mass is 531 g/mol. The number of aryl methyl sites for hydroxylation is 1. The van der Waals surface area contributed by atoms with Crippen LogP contribution in [-0.2, 0) is 14.4 Å². The number of carbonyl (C=O) groups is 3. The lowest BCUT2D eigenvalue weighted by molar-refractivity contribution is -0.136. The summed E-state index contributed by atoms with van der Waals surface area (Å²) in [5.41, 5.74) is 2.37. The van der Waals surface area contributed by atoms with E-state index in [0.717, 1.165) is 44.5 Å². The number of carboxylic acid groups (broad SMARTS) is 1. The SMILES string of the molecule is C=O.CCC.CO.Cc1ncccc1N(CC(=O)O)C(=O)CC1CCN(c2ccc(OC(C)C)cc2)CC1. The van der Waals surface area contributed by atoms with Crippen molar-refractivity contribution in [3.8, 4) is 5.75 Å². The summed E-state index contributed by atoms with van der Waals surface area (Å²) in [6, 6.07) is 11.6. The van der Waals surface area contributed by atoms with Crippen molar-refractivity contribution in [3.63, 3.8) is 0 Å². The van der Waals surface area contributed by atoms with E-state index in [2.05, 4.69) is 35.9 Å². The van der Waals surface area contributed by atoms with Crippen molar-refractivity contribution in [2.24, 2.45) is 5.92 Å². The summed E-state index contributed by atoms with van der Waals surface area (Å²) in [6.07, 6.45) is 5.16. The summed E-state index contributed by atoms with van der Waals surface area (Å²) < 4.78 is 5.71. The molecule has 212 valence electrons. The van der Waals surface area contributed by atoms with E-state index < -0.39 is 5.97 Å². The minimum atomic E-state index is -1.03. The molecule has 1 aromatic heterocycles. The number of benzene rings is 1. The lowest BCUT2D eigenvalue weighted by Crippen LogP contribution is -2.39. The summed E-state index contributed by atoms with van der Waals surface area (Å²) in [5, 5.41) is 16.3. The van der Waals surface area contributed by atoms with Crippen molar-refractivity contribution in [3.05, 3.63) is 48.3 Å². The Hall–Kier alpha value is -3.46. The number of aliphatic carboxylic acids is 1. The van der Waals surface area contributed by atoms with Crippen LogP contribution in [0.5, 0.6) is 5.75 Å². The number of pyridine rings is 1. The van der Waals surface area contributed by atoms with Gasteiger partial charge in [-0.25, -0.2) is 0 Å². The Morgan fingerprint density at radius 3 is 2.13 bits per heavy atom. The first kappa shape index (κ1) is 34.5. The molecule has 0 aliphatic carbocycles. The first-order valence-electron chi connectivity index (χ1n) is 12.9. The Morgan fingerprint density at radius 1 is 1.11 bits per heavy atom. The van der Waals surface area contributed by atoms with E-state index in [4.69, 9.17) is 14.6 Å². The third kappa shape index (κ3) is 12.2. The Labute approximate surface area is 227 Å². The molecule has 2 aromatic rings. The third-order valence-electron chi connectivity index (χ3n) is 5.52. The summed E-state index contributed by atoms with van der Waals surface area (Å²) in [7, 11) is 1.00. The van der Waals surface area contributed by atoms with Gasteiger partial charge < -0.3 is 24.6 Å². The molecule has 0 unspecified atom stereocenters. The van der Waals surface area contributed by atoms with Gasteiger partial charge in [-0.3, -0.25) is 19.5 Å². The van der Waals surface area contributed by atoms with Crippen LogP contribution in [0.3, 0.4) is 0 Å². The fourth-order valence-corrected chi connectivity index (χ4v) is 3.96. The lowest BCUT2D eigenvalue weighted by Gasteiger charge is -2.34. The molecule has 38 heavy (non-hydrogen) atoms. The average Bonchev–Trinajstić information content (AvgIpc) is 2.91. The summed E-state index contributed by atoms with van der Waals surface area (Å²) >= 11 is 0. The predicted octanol–water partition coefficient (Wildman–Crippen LogP) is 4.74. The highest BCUT2D eigenvalue weighted by atomic mass is 16.5. The zero-order valence-corrected chi connectivity index (χ0v) is 23.7. The molecular formula is C29H45N3O6. The average molecular weight is 532 g/mol. The predicted molar refractivity (Wildman–Crippen MR) is 152 cm³/mol. The van der Waals surface area contributed by atoms with Gasteiger partial charge in [0.25, 0.3) is 0 Å². The van der Waals surface area contributed by atoms with Gasteiger partial charge >= 0.3 is 5.97 Å². The van der Waals surface area contributed by atoms with Crippen LogP contribution in [0, 0.1) is 12.8 Å². The zero-order valence-electron chi connectivity index (χ0n) is 23.7. The normalized spacial score (nSPS) is 12.6. The van der Waals surface area contributed by atoms with Gasteiger partial charge in [0, 0.05) is 38.5 Å². The molecule has 0 bridgehead atoms. The van der Waals surface area contributed by atoms with Crippen LogP contribution in [0.4, 0.5) is 11.4 Å². The molecule has 0 saturated carbocycles. The van der Waals surface area contributed by atoms with Gasteiger partial charge in [-0.05, 0) is 75.9 Å². The second-order valence-electron chi connectivity index (χ2n) is 8.98. The van der Waals surface area contributed by atoms with Gasteiger partial charge in [0.2, 0.25) is 5.91 Å². The highest BCUT2D eigenvalue weighted by molar-refractivity contribution is 5.97. The maximum Gasteiger partial charge on any atom is 0.323 e. The van der Waals surface area contributed by atoms with Crippen LogP contribution in [0.25, 0.3) is 0 Å². The van der Waals surface area contributed by atoms with Crippen LogP contribution in [-0.4, -0.2) is 66.7 Å². The number of aliphatic hydroxyl groups excluding tert-OH is 1. The van der Waals surface area contributed by atoms with Crippen LogP contribution in [0.2, 0.25) is 0 Å². The van der Waals surface area contributed by atoms with Crippen molar-refractivity contribution in [2.75, 3.05) is 36.5 Å². The number of anilines is 2. The largest absolute Gasteiger partial charge is 0.491 e. The van der Waals surface area contributed by atoms with Gasteiger partial charge in [0.1, 0.15) is 19.1 Å². The number of ether oxygens (including phenoxy) is 1. The highest BCUT2D eigenvalue weighted by Gasteiger charge is 2.26. The number of carbonyl (C=O) groups excluding carboxylic acids is 2. The second-order valence-corrected chi connectivity index (χ2v) is 8.98. The number of piperidine rings is 1. The molecule has 0 spiro atoms. The van der Waals surface area contributed by atoms with Crippen molar-refractivity contribution >= 4 is 30.0 Å². The number of hydrogen-bond acceptors (Lipinski definition) is 7. The molecule has 9 heteroatoms. The number of carboxylic acids is 1. The Morgan fingerprint density at radius 2 is 1.66 bits per heavy atom. The topological polar surface area (TPSA) is 120 Å². The third-order valence-corrected chi connectivity index (χ3v) is 5.52. The van der Waals surface area contributed by atoms with Crippen molar-refractivity contribution < 1.29 is 29.3 Å². The molecule has 0 atom stereocenters. The van der Waals surface area contributed by atoms with E-state index in [1.165, 1.54) is 11.3 Å². The maximum absolute atomic E-state index is 13.0. The second kappa shape index (κ2) is 19.6. The highest BCUT2D eigenvalue weighted by Crippen LogP contribution is 2.28. The zero-order chi connectivity index (χ0) is 29.1. The summed E-state index contributed by atoms with van der Waals surface area (Å²) in [4.78, 5) is 40.2. The molecule has 1 fully saturated rings. The number of aliphatic hydroxyl groups is 1. The summed E-state index contributed by atoms with van der Waals surface area (Å²) in [5.74, 6) is -0.0903. The molecular weight excluding hydrogens is 486 g/mol. The lowest BCUT2D eigenvalue weighted by atomic mass is 9.92. The fraction of sp³-hybridized carbons (Fsp3) is 0.517. The molecule has 3 rings (SSSR count). The van der Waals surface area contributed by atoms with Gasteiger partial charge in [-0.15, -0.1) is 0 Å². The number of aromatic nitrogens is 1. The van der Waals surface area contributed by atoms with E-state index in [0.29, 0.717) is 17.8 Å². The van der Waals surface area contributed by atoms with Gasteiger partial charge in [0.15, 0.2) is 0 Å². The van der Waals surface area contributed by atoms with Crippen molar-refractivity contribution in [1.82, 2.24) is 4.98 Å². The van der Waals surface area contributed by atoms with Gasteiger partial charge in [-0.1, -0.05) is 20.3 Å². The van der Waals surface area contributed by atoms with Crippen LogP contribution in [0.15, 0.2) is 42.6 Å². The van der Waals surface area contributed by atoms with Gasteiger partial charge in [-0.2, -0.15) is 0 Å². The molecule has 1 aliphatic heterocycles. The van der Waals surface area contributed by atoms with E-state index >= 15 is 0 Å². The minimum absolute atomic E-state index is 0.148. The van der Waals surface area contributed by atoms with Crippen LogP contribution >= 0.6 is 0 Å². The molecule has 1 aromatic carbocycles. The quantitative estimate of drug-likeness (QED) is 0.501. The fourth-order valence-electron chi connectivity index (χ4n) is 3.96. The van der Waals surface area contributed by atoms with Crippen molar-refractivity contribution in [2.45, 2.75) is 66.4 Å². The van der Waals surface area contributed by atoms with Crippen LogP contribution < -0.4 is 14.5 Å². The molecule has 1 amide bonds. The molecule has 0 radical (unpaired) electrons. The standard InChI is InChI=1S/C24H31N3O4.C3H8.CH4O.CH2O/c1-17(2)31-21-8-6-20(7-9-21)26-13-10-19(11-14-26)15-23(28)27(16-24(29)30)22-5-4-12-25-18(22)3;1-3-2;2*1-2/h4-9,12,17,19H,10-11,13-16H2,1-3H3,(H,29,30);3H2,1-2H3;2H,1H3;1H2. The number of amides is 1. The van der Waals surface area contributed by atoms with E-state index in [1.807, 2.05) is 32.8 Å². The van der Waals surface area contributed by atoms with E-state index in [1.54, 1.807) is 25.3 Å². The molecule has 2 heterocycles. The summed E-state index contributed by atoms with van der Waals surface area (Å²) in [6.45, 7) is 13.4. The first-order valence-corrected chi connectivity index (χ1v) is 12.9. The first-order chi connectivity index (χ1) is 18.2. The Bertz CT molecular complexity index is 928. The molecule has 2 N–H and O–H groups in total. The number of nitrogens with zero attached hydrogens (tertiary/aromatic N) is 3. The van der Waals surface area contributed by atoms with Gasteiger partial charge in [0.05, 0.1) is 17.5 Å². The van der Waals surface area contributed by atoms with E-state index in [-0.39, 0.29) is 24.5 Å². The molecule has 1 aliphatic rings. The Kier molecular flexibility index (Phi) is 17.8. The van der Waals surface area contributed by atoms with E-state index in [9.17, 15) is 14.7 Å².